The Morgan fingerprint density at radius 1 is 0.941 bits per heavy atom. The minimum Gasteiger partial charge on any atom is -0.480 e. The Hall–Kier alpha value is -3.47. The highest BCUT2D eigenvalue weighted by molar-refractivity contribution is 5.94. The van der Waals surface area contributed by atoms with Gasteiger partial charge < -0.3 is 32.5 Å². The number of benzene rings is 1. The maximum atomic E-state index is 12.8. The number of hydrogen-bond acceptors (Lipinski definition) is 6. The third-order valence-corrected chi connectivity index (χ3v) is 5.48. The van der Waals surface area contributed by atoms with Gasteiger partial charge in [0.2, 0.25) is 23.6 Å². The Bertz CT molecular complexity index is 863. The maximum absolute atomic E-state index is 12.8. The van der Waals surface area contributed by atoms with Crippen LogP contribution >= 0.6 is 0 Å². The minimum absolute atomic E-state index is 0.0933. The Morgan fingerprint density at radius 3 is 2.09 bits per heavy atom. The Kier molecular flexibility index (Phi) is 11.7. The van der Waals surface area contributed by atoms with Crippen LogP contribution in [0.15, 0.2) is 30.3 Å². The molecule has 4 amide bonds. The summed E-state index contributed by atoms with van der Waals surface area (Å²) in [4.78, 5) is 60.5. The molecule has 1 rings (SSSR count). The molecule has 0 saturated heterocycles. The monoisotopic (exact) mass is 477 g/mol. The highest BCUT2D eigenvalue weighted by atomic mass is 16.4. The molecule has 0 saturated carbocycles. The average molecular weight is 478 g/mol. The van der Waals surface area contributed by atoms with Gasteiger partial charge in [0, 0.05) is 6.42 Å². The van der Waals surface area contributed by atoms with Crippen LogP contribution in [0.2, 0.25) is 0 Å². The van der Waals surface area contributed by atoms with Gasteiger partial charge in [-0.1, -0.05) is 50.6 Å². The highest BCUT2D eigenvalue weighted by Gasteiger charge is 2.30. The number of carbonyl (C=O) groups is 5. The van der Waals surface area contributed by atoms with Gasteiger partial charge in [-0.25, -0.2) is 4.79 Å². The number of amides is 4. The lowest BCUT2D eigenvalue weighted by Gasteiger charge is -2.25. The van der Waals surface area contributed by atoms with Crippen molar-refractivity contribution in [3.8, 4) is 0 Å². The van der Waals surface area contributed by atoms with Crippen molar-refractivity contribution >= 4 is 29.6 Å². The number of nitrogens with two attached hydrogens (primary N) is 2. The average Bonchev–Trinajstić information content (AvgIpc) is 2.79. The van der Waals surface area contributed by atoms with Crippen molar-refractivity contribution in [3.63, 3.8) is 0 Å². The fraction of sp³-hybridized carbons (Fsp3) is 0.522. The van der Waals surface area contributed by atoms with Gasteiger partial charge in [-0.15, -0.1) is 0 Å². The standard InChI is InChI=1S/C23H35N5O6/c1-4-13(2)19(23(33)34)28-20(30)14(3)26-22(32)17(10-11-18(25)29)27-21(31)16(24)12-15-8-6-5-7-9-15/h5-9,13-14,16-17,19H,4,10-12,24H2,1-3H3,(H2,25,29)(H,26,32)(H,27,31)(H,28,30)(H,33,34). The van der Waals surface area contributed by atoms with Crippen molar-refractivity contribution in [1.82, 2.24) is 16.0 Å². The van der Waals surface area contributed by atoms with Gasteiger partial charge in [0.1, 0.15) is 18.1 Å². The third kappa shape index (κ3) is 9.57. The molecule has 0 radical (unpaired) electrons. The second kappa shape index (κ2) is 13.9. The fourth-order valence-corrected chi connectivity index (χ4v) is 3.14. The van der Waals surface area contributed by atoms with Crippen molar-refractivity contribution in [2.75, 3.05) is 0 Å². The van der Waals surface area contributed by atoms with E-state index in [1.54, 1.807) is 13.8 Å². The summed E-state index contributed by atoms with van der Waals surface area (Å²) in [6.45, 7) is 4.87. The molecule has 11 nitrogen and oxygen atoms in total. The van der Waals surface area contributed by atoms with E-state index in [9.17, 15) is 29.1 Å². The smallest absolute Gasteiger partial charge is 0.326 e. The summed E-state index contributed by atoms with van der Waals surface area (Å²) in [6.07, 6.45) is 0.496. The minimum atomic E-state index is -1.18. The van der Waals surface area contributed by atoms with Crippen molar-refractivity contribution in [2.45, 2.75) is 70.6 Å². The summed E-state index contributed by atoms with van der Waals surface area (Å²) in [5.74, 6) is -4.18. The number of carbonyl (C=O) groups excluding carboxylic acids is 4. The first-order valence-corrected chi connectivity index (χ1v) is 11.2. The summed E-state index contributed by atoms with van der Waals surface area (Å²) in [5, 5.41) is 16.7. The molecule has 8 N–H and O–H groups in total. The van der Waals surface area contributed by atoms with Gasteiger partial charge >= 0.3 is 5.97 Å². The van der Waals surface area contributed by atoms with Crippen molar-refractivity contribution < 1.29 is 29.1 Å². The zero-order valence-corrected chi connectivity index (χ0v) is 19.7. The molecular weight excluding hydrogens is 442 g/mol. The quantitative estimate of drug-likeness (QED) is 0.206. The van der Waals surface area contributed by atoms with E-state index in [4.69, 9.17) is 11.5 Å². The Labute approximate surface area is 199 Å². The second-order valence-corrected chi connectivity index (χ2v) is 8.30. The summed E-state index contributed by atoms with van der Waals surface area (Å²) in [7, 11) is 0. The molecular formula is C23H35N5O6. The molecule has 0 bridgehead atoms. The molecule has 0 aliphatic rings. The normalized spacial score (nSPS) is 15.2. The molecule has 11 heteroatoms. The van der Waals surface area contributed by atoms with Gasteiger partial charge in [0.15, 0.2) is 0 Å². The molecule has 0 heterocycles. The van der Waals surface area contributed by atoms with E-state index in [0.29, 0.717) is 6.42 Å². The highest BCUT2D eigenvalue weighted by Crippen LogP contribution is 2.08. The molecule has 0 aromatic heterocycles. The van der Waals surface area contributed by atoms with E-state index >= 15 is 0 Å². The van der Waals surface area contributed by atoms with Crippen LogP contribution in [0.1, 0.15) is 45.6 Å². The Balaban J connectivity index is 2.82. The van der Waals surface area contributed by atoms with Crippen LogP contribution < -0.4 is 27.4 Å². The van der Waals surface area contributed by atoms with E-state index in [2.05, 4.69) is 16.0 Å². The van der Waals surface area contributed by atoms with E-state index in [1.165, 1.54) is 6.92 Å². The zero-order chi connectivity index (χ0) is 25.8. The van der Waals surface area contributed by atoms with Gasteiger partial charge in [-0.2, -0.15) is 0 Å². The first kappa shape index (κ1) is 28.6. The molecule has 0 spiro atoms. The lowest BCUT2D eigenvalue weighted by Crippen LogP contribution is -2.57. The topological polar surface area (TPSA) is 194 Å². The number of carboxylic acid groups (broad SMARTS) is 1. The fourth-order valence-electron chi connectivity index (χ4n) is 3.14. The Morgan fingerprint density at radius 2 is 1.56 bits per heavy atom. The number of primary amides is 1. The molecule has 0 aliphatic carbocycles. The van der Waals surface area contributed by atoms with Crippen LogP contribution in [0.3, 0.4) is 0 Å². The lowest BCUT2D eigenvalue weighted by molar-refractivity contribution is -0.143. The number of rotatable bonds is 14. The summed E-state index contributed by atoms with van der Waals surface area (Å²) >= 11 is 0. The number of nitrogens with one attached hydrogen (secondary N) is 3. The summed E-state index contributed by atoms with van der Waals surface area (Å²) < 4.78 is 0. The molecule has 5 unspecified atom stereocenters. The van der Waals surface area contributed by atoms with E-state index in [-0.39, 0.29) is 25.2 Å². The van der Waals surface area contributed by atoms with Crippen LogP contribution in [0.4, 0.5) is 0 Å². The molecule has 188 valence electrons. The lowest BCUT2D eigenvalue weighted by atomic mass is 9.99. The largest absolute Gasteiger partial charge is 0.480 e. The number of aliphatic carboxylic acids is 1. The molecule has 5 atom stereocenters. The van der Waals surface area contributed by atoms with Gasteiger partial charge in [0.25, 0.3) is 0 Å². The van der Waals surface area contributed by atoms with Crippen LogP contribution in [0.5, 0.6) is 0 Å². The molecule has 0 fully saturated rings. The third-order valence-electron chi connectivity index (χ3n) is 5.48. The first-order chi connectivity index (χ1) is 16.0. The van der Waals surface area contributed by atoms with Gasteiger partial charge in [-0.05, 0) is 31.2 Å². The zero-order valence-electron chi connectivity index (χ0n) is 19.7. The predicted molar refractivity (Wildman–Crippen MR) is 125 cm³/mol. The molecule has 34 heavy (non-hydrogen) atoms. The molecule has 1 aromatic carbocycles. The van der Waals surface area contributed by atoms with Crippen molar-refractivity contribution in [3.05, 3.63) is 35.9 Å². The van der Waals surface area contributed by atoms with Crippen LogP contribution in [-0.2, 0) is 30.4 Å². The van der Waals surface area contributed by atoms with E-state index < -0.39 is 53.8 Å². The van der Waals surface area contributed by atoms with Crippen LogP contribution in [0, 0.1) is 5.92 Å². The molecule has 1 aromatic rings. The summed E-state index contributed by atoms with van der Waals surface area (Å²) in [5.41, 5.74) is 12.0. The van der Waals surface area contributed by atoms with Crippen molar-refractivity contribution in [1.29, 1.82) is 0 Å². The van der Waals surface area contributed by atoms with Crippen LogP contribution in [-0.4, -0.2) is 58.9 Å². The number of carboxylic acids is 1. The predicted octanol–water partition coefficient (Wildman–Crippen LogP) is -0.573. The van der Waals surface area contributed by atoms with E-state index in [0.717, 1.165) is 5.56 Å². The van der Waals surface area contributed by atoms with Gasteiger partial charge in [-0.3, -0.25) is 19.2 Å². The maximum Gasteiger partial charge on any atom is 0.326 e. The number of hydrogen-bond donors (Lipinski definition) is 6. The first-order valence-electron chi connectivity index (χ1n) is 11.2. The molecule has 0 aliphatic heterocycles. The summed E-state index contributed by atoms with van der Waals surface area (Å²) in [6, 6.07) is 4.77. The SMILES string of the molecule is CCC(C)C(NC(=O)C(C)NC(=O)C(CCC(N)=O)NC(=O)C(N)Cc1ccccc1)C(=O)O. The van der Waals surface area contributed by atoms with Gasteiger partial charge in [0.05, 0.1) is 6.04 Å². The van der Waals surface area contributed by atoms with Crippen LogP contribution in [0.25, 0.3) is 0 Å². The van der Waals surface area contributed by atoms with E-state index in [1.807, 2.05) is 30.3 Å². The van der Waals surface area contributed by atoms with Crippen molar-refractivity contribution in [2.24, 2.45) is 17.4 Å². The second-order valence-electron chi connectivity index (χ2n) is 8.30.